The van der Waals surface area contributed by atoms with Gasteiger partial charge < -0.3 is 14.2 Å². The minimum Gasteiger partial charge on any atom is -0.490 e. The SMILES string of the molecule is C#CCOC(=O)c1cc(Cl)c(OCc2ccccc2C)c(OCC)c1. The molecule has 25 heavy (non-hydrogen) atoms. The summed E-state index contributed by atoms with van der Waals surface area (Å²) in [6, 6.07) is 10.9. The van der Waals surface area contributed by atoms with Gasteiger partial charge in [0.2, 0.25) is 0 Å². The van der Waals surface area contributed by atoms with Gasteiger partial charge in [-0.25, -0.2) is 4.79 Å². The number of halogens is 1. The van der Waals surface area contributed by atoms with Crippen molar-refractivity contribution in [1.29, 1.82) is 0 Å². The van der Waals surface area contributed by atoms with Gasteiger partial charge in [-0.1, -0.05) is 41.8 Å². The second-order valence-corrected chi connectivity index (χ2v) is 5.62. The van der Waals surface area contributed by atoms with Crippen molar-refractivity contribution in [3.05, 3.63) is 58.1 Å². The fraction of sp³-hybridized carbons (Fsp3) is 0.250. The average Bonchev–Trinajstić information content (AvgIpc) is 2.60. The Morgan fingerprint density at radius 1 is 1.24 bits per heavy atom. The topological polar surface area (TPSA) is 44.8 Å². The summed E-state index contributed by atoms with van der Waals surface area (Å²) in [7, 11) is 0. The van der Waals surface area contributed by atoms with Gasteiger partial charge in [-0.05, 0) is 37.1 Å². The normalized spacial score (nSPS) is 10.0. The van der Waals surface area contributed by atoms with Crippen LogP contribution in [0.1, 0.15) is 28.4 Å². The van der Waals surface area contributed by atoms with Crippen molar-refractivity contribution in [1.82, 2.24) is 0 Å². The van der Waals surface area contributed by atoms with Crippen LogP contribution < -0.4 is 9.47 Å². The Labute approximate surface area is 152 Å². The van der Waals surface area contributed by atoms with Gasteiger partial charge in [0.1, 0.15) is 6.61 Å². The van der Waals surface area contributed by atoms with Crippen LogP contribution in [-0.2, 0) is 11.3 Å². The molecule has 0 amide bonds. The summed E-state index contributed by atoms with van der Waals surface area (Å²) in [5, 5.41) is 0.271. The third-order valence-corrected chi connectivity index (χ3v) is 3.75. The third kappa shape index (κ3) is 4.91. The quantitative estimate of drug-likeness (QED) is 0.543. The van der Waals surface area contributed by atoms with Crippen LogP contribution in [0.2, 0.25) is 5.02 Å². The van der Waals surface area contributed by atoms with E-state index in [1.165, 1.54) is 6.07 Å². The molecule has 0 aliphatic rings. The van der Waals surface area contributed by atoms with Gasteiger partial charge in [0.15, 0.2) is 18.1 Å². The lowest BCUT2D eigenvalue weighted by atomic mass is 10.1. The summed E-state index contributed by atoms with van der Waals surface area (Å²) in [5.41, 5.74) is 2.41. The first-order valence-electron chi connectivity index (χ1n) is 7.81. The summed E-state index contributed by atoms with van der Waals surface area (Å²) in [6.45, 7) is 4.48. The number of hydrogen-bond donors (Lipinski definition) is 0. The van der Waals surface area contributed by atoms with Crippen LogP contribution in [0.3, 0.4) is 0 Å². The van der Waals surface area contributed by atoms with E-state index in [1.54, 1.807) is 6.07 Å². The van der Waals surface area contributed by atoms with Crippen molar-refractivity contribution < 1.29 is 19.0 Å². The van der Waals surface area contributed by atoms with Gasteiger partial charge in [-0.3, -0.25) is 0 Å². The Hall–Kier alpha value is -2.64. The first-order chi connectivity index (χ1) is 12.1. The molecule has 2 aromatic rings. The van der Waals surface area contributed by atoms with Crippen LogP contribution in [-0.4, -0.2) is 19.2 Å². The molecule has 0 radical (unpaired) electrons. The van der Waals surface area contributed by atoms with Gasteiger partial charge in [-0.2, -0.15) is 0 Å². The minimum absolute atomic E-state index is 0.105. The van der Waals surface area contributed by atoms with Gasteiger partial charge in [0.25, 0.3) is 0 Å². The molecule has 0 aliphatic heterocycles. The Kier molecular flexibility index (Phi) is 6.73. The van der Waals surface area contributed by atoms with Crippen molar-refractivity contribution in [2.24, 2.45) is 0 Å². The number of carbonyl (C=O) groups excluding carboxylic acids is 1. The highest BCUT2D eigenvalue weighted by Crippen LogP contribution is 2.37. The first-order valence-corrected chi connectivity index (χ1v) is 8.18. The average molecular weight is 359 g/mol. The number of aryl methyl sites for hydroxylation is 1. The van der Waals surface area contributed by atoms with E-state index in [1.807, 2.05) is 38.1 Å². The molecule has 2 rings (SSSR count). The van der Waals surface area contributed by atoms with E-state index in [-0.39, 0.29) is 17.2 Å². The first kappa shape index (κ1) is 18.7. The van der Waals surface area contributed by atoms with Crippen LogP contribution in [0.25, 0.3) is 0 Å². The molecule has 0 spiro atoms. The molecule has 4 nitrogen and oxygen atoms in total. The summed E-state index contributed by atoms with van der Waals surface area (Å²) >= 11 is 6.30. The molecule has 0 saturated carbocycles. The zero-order chi connectivity index (χ0) is 18.2. The Morgan fingerprint density at radius 2 is 2.00 bits per heavy atom. The summed E-state index contributed by atoms with van der Waals surface area (Å²) < 4.78 is 16.4. The van der Waals surface area contributed by atoms with E-state index in [0.717, 1.165) is 11.1 Å². The van der Waals surface area contributed by atoms with Crippen LogP contribution in [0.15, 0.2) is 36.4 Å². The molecule has 2 aromatic carbocycles. The minimum atomic E-state index is -0.564. The zero-order valence-corrected chi connectivity index (χ0v) is 14.9. The second-order valence-electron chi connectivity index (χ2n) is 5.21. The molecule has 0 saturated heterocycles. The Balaban J connectivity index is 2.26. The highest BCUT2D eigenvalue weighted by molar-refractivity contribution is 6.32. The maximum absolute atomic E-state index is 12.0. The van der Waals surface area contributed by atoms with E-state index >= 15 is 0 Å². The standard InChI is InChI=1S/C20H19ClO4/c1-4-10-24-20(22)16-11-17(21)19(18(12-16)23-5-2)25-13-15-9-7-6-8-14(15)3/h1,6-9,11-12H,5,10,13H2,2-3H3. The fourth-order valence-electron chi connectivity index (χ4n) is 2.20. The van der Waals surface area contributed by atoms with Crippen LogP contribution in [0.4, 0.5) is 0 Å². The van der Waals surface area contributed by atoms with Crippen LogP contribution >= 0.6 is 11.6 Å². The van der Waals surface area contributed by atoms with E-state index in [4.69, 9.17) is 32.2 Å². The molecule has 5 heteroatoms. The highest BCUT2D eigenvalue weighted by atomic mass is 35.5. The van der Waals surface area contributed by atoms with Gasteiger partial charge in [-0.15, -0.1) is 6.42 Å². The molecule has 0 heterocycles. The van der Waals surface area contributed by atoms with Gasteiger partial charge >= 0.3 is 5.97 Å². The summed E-state index contributed by atoms with van der Waals surface area (Å²) in [6.07, 6.45) is 5.10. The molecular weight excluding hydrogens is 340 g/mol. The molecule has 130 valence electrons. The fourth-order valence-corrected chi connectivity index (χ4v) is 2.47. The molecule has 0 unspecified atom stereocenters. The lowest BCUT2D eigenvalue weighted by Crippen LogP contribution is -2.07. The largest absolute Gasteiger partial charge is 0.490 e. The third-order valence-electron chi connectivity index (χ3n) is 3.46. The zero-order valence-electron chi connectivity index (χ0n) is 14.2. The molecular formula is C20H19ClO4. The van der Waals surface area contributed by atoms with E-state index in [9.17, 15) is 4.79 Å². The van der Waals surface area contributed by atoms with Crippen molar-refractivity contribution in [3.8, 4) is 23.8 Å². The van der Waals surface area contributed by atoms with Crippen LogP contribution in [0, 0.1) is 19.3 Å². The van der Waals surface area contributed by atoms with Gasteiger partial charge in [0.05, 0.1) is 17.2 Å². The number of benzene rings is 2. The number of esters is 1. The smallest absolute Gasteiger partial charge is 0.339 e. The van der Waals surface area contributed by atoms with E-state index in [2.05, 4.69) is 5.92 Å². The van der Waals surface area contributed by atoms with E-state index in [0.29, 0.717) is 24.7 Å². The lowest BCUT2D eigenvalue weighted by Gasteiger charge is -2.15. The predicted octanol–water partition coefficient (Wildman–Crippen LogP) is 4.42. The predicted molar refractivity (Wildman–Crippen MR) is 97.2 cm³/mol. The number of hydrogen-bond acceptors (Lipinski definition) is 4. The molecule has 0 N–H and O–H groups in total. The van der Waals surface area contributed by atoms with E-state index < -0.39 is 5.97 Å². The van der Waals surface area contributed by atoms with Crippen molar-refractivity contribution in [2.45, 2.75) is 20.5 Å². The second kappa shape index (κ2) is 9.00. The highest BCUT2D eigenvalue weighted by Gasteiger charge is 2.17. The number of ether oxygens (including phenoxy) is 3. The molecule has 0 atom stereocenters. The van der Waals surface area contributed by atoms with Crippen molar-refractivity contribution in [2.75, 3.05) is 13.2 Å². The molecule has 0 aliphatic carbocycles. The molecule has 0 aromatic heterocycles. The van der Waals surface area contributed by atoms with Gasteiger partial charge in [0, 0.05) is 0 Å². The number of rotatable bonds is 7. The van der Waals surface area contributed by atoms with Crippen LogP contribution in [0.5, 0.6) is 11.5 Å². The molecule has 0 fully saturated rings. The Bertz CT molecular complexity index is 793. The lowest BCUT2D eigenvalue weighted by molar-refractivity contribution is 0.0556. The Morgan fingerprint density at radius 3 is 2.68 bits per heavy atom. The van der Waals surface area contributed by atoms with Crippen molar-refractivity contribution in [3.63, 3.8) is 0 Å². The monoisotopic (exact) mass is 358 g/mol. The van der Waals surface area contributed by atoms with Crippen molar-refractivity contribution >= 4 is 17.6 Å². The maximum Gasteiger partial charge on any atom is 0.339 e. The number of terminal acetylenes is 1. The summed E-state index contributed by atoms with van der Waals surface area (Å²) in [5.74, 6) is 2.46. The number of carbonyl (C=O) groups is 1. The summed E-state index contributed by atoms with van der Waals surface area (Å²) in [4.78, 5) is 12.0. The molecule has 0 bridgehead atoms. The maximum atomic E-state index is 12.0.